The van der Waals surface area contributed by atoms with Crippen molar-refractivity contribution >= 4 is 11.8 Å². The Labute approximate surface area is 60.6 Å². The molecule has 2 nitrogen and oxygen atoms in total. The van der Waals surface area contributed by atoms with E-state index < -0.39 is 0 Å². The second-order valence-corrected chi connectivity index (χ2v) is 3.59. The maximum absolute atomic E-state index is 5.99. The van der Waals surface area contributed by atoms with Gasteiger partial charge in [0.2, 0.25) is 0 Å². The van der Waals surface area contributed by atoms with Crippen LogP contribution in [0.15, 0.2) is 0 Å². The van der Waals surface area contributed by atoms with E-state index in [2.05, 4.69) is 11.6 Å². The molecule has 0 aromatic carbocycles. The van der Waals surface area contributed by atoms with Crippen LogP contribution in [0.5, 0.6) is 0 Å². The van der Waals surface area contributed by atoms with Gasteiger partial charge in [-0.3, -0.25) is 0 Å². The minimum atomic E-state index is 0.0966. The molecular weight excluding hydrogens is 132 g/mol. The molecule has 3 heteroatoms. The van der Waals surface area contributed by atoms with Gasteiger partial charge in [-0.2, -0.15) is 11.8 Å². The smallest absolute Gasteiger partial charge is 0.0384 e. The van der Waals surface area contributed by atoms with Gasteiger partial charge in [0.05, 0.1) is 0 Å². The van der Waals surface area contributed by atoms with Crippen LogP contribution >= 0.6 is 11.8 Å². The van der Waals surface area contributed by atoms with Crippen molar-refractivity contribution in [2.45, 2.75) is 12.0 Å². The lowest BCUT2D eigenvalue weighted by atomic mass is 10.0. The highest BCUT2D eigenvalue weighted by Gasteiger charge is 2.27. The molecule has 1 saturated heterocycles. The van der Waals surface area contributed by atoms with Crippen LogP contribution in [0.2, 0.25) is 0 Å². The molecule has 1 aliphatic rings. The Morgan fingerprint density at radius 2 is 2.56 bits per heavy atom. The quantitative estimate of drug-likeness (QED) is 0.577. The summed E-state index contributed by atoms with van der Waals surface area (Å²) in [5.41, 5.74) is 6.08. The van der Waals surface area contributed by atoms with E-state index in [-0.39, 0.29) is 5.54 Å². The molecule has 1 aliphatic heterocycles. The van der Waals surface area contributed by atoms with Gasteiger partial charge < -0.3 is 11.1 Å². The van der Waals surface area contributed by atoms with Crippen molar-refractivity contribution in [1.29, 1.82) is 0 Å². The summed E-state index contributed by atoms with van der Waals surface area (Å²) in [6.07, 6.45) is 3.24. The molecule has 0 aromatic rings. The summed E-state index contributed by atoms with van der Waals surface area (Å²) in [6, 6.07) is 0. The van der Waals surface area contributed by atoms with E-state index in [0.29, 0.717) is 0 Å². The average molecular weight is 146 g/mol. The standard InChI is InChI=1S/C6H14N2S/c1-9-5-6(7)2-3-8-4-6/h8H,2-5,7H2,1H3. The summed E-state index contributed by atoms with van der Waals surface area (Å²) >= 11 is 1.83. The molecule has 0 radical (unpaired) electrons. The van der Waals surface area contributed by atoms with Crippen molar-refractivity contribution in [3.63, 3.8) is 0 Å². The predicted octanol–water partition coefficient (Wildman–Crippen LogP) is 0.0402. The number of hydrogen-bond acceptors (Lipinski definition) is 3. The van der Waals surface area contributed by atoms with E-state index in [1.165, 1.54) is 0 Å². The minimum Gasteiger partial charge on any atom is -0.323 e. The number of rotatable bonds is 2. The summed E-state index contributed by atoms with van der Waals surface area (Å²) in [7, 11) is 0. The van der Waals surface area contributed by atoms with E-state index in [1.54, 1.807) is 0 Å². The first kappa shape index (κ1) is 7.38. The Hall–Kier alpha value is 0.270. The van der Waals surface area contributed by atoms with Crippen LogP contribution in [0, 0.1) is 0 Å². The number of nitrogens with one attached hydrogen (secondary N) is 1. The van der Waals surface area contributed by atoms with Crippen molar-refractivity contribution in [1.82, 2.24) is 5.32 Å². The monoisotopic (exact) mass is 146 g/mol. The molecule has 0 spiro atoms. The van der Waals surface area contributed by atoms with Crippen molar-refractivity contribution in [3.05, 3.63) is 0 Å². The van der Waals surface area contributed by atoms with Crippen molar-refractivity contribution < 1.29 is 0 Å². The maximum Gasteiger partial charge on any atom is 0.0384 e. The van der Waals surface area contributed by atoms with Gasteiger partial charge in [0.25, 0.3) is 0 Å². The summed E-state index contributed by atoms with van der Waals surface area (Å²) in [6.45, 7) is 2.09. The summed E-state index contributed by atoms with van der Waals surface area (Å²) in [5, 5.41) is 3.26. The van der Waals surface area contributed by atoms with Gasteiger partial charge in [0.1, 0.15) is 0 Å². The van der Waals surface area contributed by atoms with Crippen LogP contribution in [0.4, 0.5) is 0 Å². The van der Waals surface area contributed by atoms with Gasteiger partial charge in [0.15, 0.2) is 0 Å². The van der Waals surface area contributed by atoms with Gasteiger partial charge in [-0.1, -0.05) is 0 Å². The van der Waals surface area contributed by atoms with Gasteiger partial charge in [0, 0.05) is 17.8 Å². The van der Waals surface area contributed by atoms with Gasteiger partial charge >= 0.3 is 0 Å². The molecule has 0 aromatic heterocycles. The second kappa shape index (κ2) is 2.90. The van der Waals surface area contributed by atoms with Crippen molar-refractivity contribution in [3.8, 4) is 0 Å². The molecule has 1 unspecified atom stereocenters. The Bertz CT molecular complexity index is 89.1. The summed E-state index contributed by atoms with van der Waals surface area (Å²) < 4.78 is 0. The van der Waals surface area contributed by atoms with Crippen molar-refractivity contribution in [2.75, 3.05) is 25.1 Å². The molecule has 0 aliphatic carbocycles. The largest absolute Gasteiger partial charge is 0.323 e. The van der Waals surface area contributed by atoms with E-state index in [0.717, 1.165) is 25.3 Å². The maximum atomic E-state index is 5.99. The van der Waals surface area contributed by atoms with Crippen LogP contribution in [0.25, 0.3) is 0 Å². The molecule has 0 saturated carbocycles. The van der Waals surface area contributed by atoms with Gasteiger partial charge in [-0.15, -0.1) is 0 Å². The van der Waals surface area contributed by atoms with Crippen LogP contribution in [0.1, 0.15) is 6.42 Å². The second-order valence-electron chi connectivity index (χ2n) is 2.72. The van der Waals surface area contributed by atoms with E-state index in [9.17, 15) is 0 Å². The van der Waals surface area contributed by atoms with E-state index in [4.69, 9.17) is 5.73 Å². The van der Waals surface area contributed by atoms with Crippen LogP contribution in [0.3, 0.4) is 0 Å². The molecule has 1 heterocycles. The Kier molecular flexibility index (Phi) is 2.38. The van der Waals surface area contributed by atoms with Gasteiger partial charge in [-0.05, 0) is 19.2 Å². The fraction of sp³-hybridized carbons (Fsp3) is 1.00. The summed E-state index contributed by atoms with van der Waals surface area (Å²) in [4.78, 5) is 0. The topological polar surface area (TPSA) is 38.0 Å². The fourth-order valence-corrected chi connectivity index (χ4v) is 2.00. The number of hydrogen-bond donors (Lipinski definition) is 2. The number of thioether (sulfide) groups is 1. The fourth-order valence-electron chi connectivity index (χ4n) is 1.17. The first-order valence-corrected chi connectivity index (χ1v) is 4.65. The zero-order chi connectivity index (χ0) is 6.74. The molecule has 1 fully saturated rings. The molecule has 0 bridgehead atoms. The zero-order valence-corrected chi connectivity index (χ0v) is 6.63. The first-order valence-electron chi connectivity index (χ1n) is 3.25. The SMILES string of the molecule is CSCC1(N)CCNC1. The lowest BCUT2D eigenvalue weighted by molar-refractivity contribution is 0.529. The predicted molar refractivity (Wildman–Crippen MR) is 42.8 cm³/mol. The van der Waals surface area contributed by atoms with Crippen molar-refractivity contribution in [2.24, 2.45) is 5.73 Å². The van der Waals surface area contributed by atoms with E-state index >= 15 is 0 Å². The first-order chi connectivity index (χ1) is 4.27. The molecule has 9 heavy (non-hydrogen) atoms. The molecule has 0 amide bonds. The third kappa shape index (κ3) is 1.85. The number of nitrogens with two attached hydrogens (primary N) is 1. The molecule has 54 valence electrons. The zero-order valence-electron chi connectivity index (χ0n) is 5.81. The van der Waals surface area contributed by atoms with E-state index in [1.807, 2.05) is 11.8 Å². The normalized spacial score (nSPS) is 35.3. The van der Waals surface area contributed by atoms with Gasteiger partial charge in [-0.25, -0.2) is 0 Å². The third-order valence-electron chi connectivity index (χ3n) is 1.71. The minimum absolute atomic E-state index is 0.0966. The third-order valence-corrected chi connectivity index (χ3v) is 2.57. The molecule has 1 atom stereocenters. The highest BCUT2D eigenvalue weighted by atomic mass is 32.2. The Balaban J connectivity index is 2.32. The Morgan fingerprint density at radius 3 is 3.00 bits per heavy atom. The lowest BCUT2D eigenvalue weighted by Gasteiger charge is -2.20. The van der Waals surface area contributed by atoms with Crippen LogP contribution in [-0.4, -0.2) is 30.6 Å². The molecule has 1 rings (SSSR count). The molecule has 3 N–H and O–H groups in total. The summed E-state index contributed by atoms with van der Waals surface area (Å²) in [5.74, 6) is 1.08. The molecular formula is C6H14N2S. The van der Waals surface area contributed by atoms with Crippen LogP contribution < -0.4 is 11.1 Å². The highest BCUT2D eigenvalue weighted by molar-refractivity contribution is 7.98. The van der Waals surface area contributed by atoms with Crippen LogP contribution in [-0.2, 0) is 0 Å². The average Bonchev–Trinajstić information content (AvgIpc) is 2.16. The Morgan fingerprint density at radius 1 is 1.78 bits per heavy atom. The lowest BCUT2D eigenvalue weighted by Crippen LogP contribution is -2.44. The highest BCUT2D eigenvalue weighted by Crippen LogP contribution is 2.15.